The van der Waals surface area contributed by atoms with Crippen LogP contribution < -0.4 is 5.73 Å². The van der Waals surface area contributed by atoms with Crippen LogP contribution in [0.3, 0.4) is 0 Å². The topological polar surface area (TPSA) is 46.3 Å². The highest BCUT2D eigenvalue weighted by Gasteiger charge is 2.44. The van der Waals surface area contributed by atoms with Crippen LogP contribution in [0, 0.1) is 11.3 Å². The fourth-order valence-electron chi connectivity index (χ4n) is 3.82. The zero-order chi connectivity index (χ0) is 13.2. The van der Waals surface area contributed by atoms with E-state index in [1.807, 2.05) is 0 Å². The Morgan fingerprint density at radius 3 is 2.61 bits per heavy atom. The van der Waals surface area contributed by atoms with Crippen molar-refractivity contribution in [2.45, 2.75) is 64.8 Å². The number of hydrogen-bond acceptors (Lipinski definition) is 2. The maximum absolute atomic E-state index is 12.9. The first kappa shape index (κ1) is 13.9. The van der Waals surface area contributed by atoms with Crippen molar-refractivity contribution in [3.63, 3.8) is 0 Å². The van der Waals surface area contributed by atoms with Crippen LogP contribution in [0.1, 0.15) is 58.8 Å². The minimum atomic E-state index is -0.0476. The zero-order valence-electron chi connectivity index (χ0n) is 12.0. The monoisotopic (exact) mass is 252 g/mol. The first-order chi connectivity index (χ1) is 8.63. The van der Waals surface area contributed by atoms with E-state index in [-0.39, 0.29) is 11.5 Å². The largest absolute Gasteiger partial charge is 0.338 e. The lowest BCUT2D eigenvalue weighted by atomic mass is 9.80. The van der Waals surface area contributed by atoms with Crippen molar-refractivity contribution < 1.29 is 4.79 Å². The Hall–Kier alpha value is -0.570. The molecule has 0 aromatic rings. The van der Waals surface area contributed by atoms with Gasteiger partial charge in [-0.05, 0) is 38.0 Å². The van der Waals surface area contributed by atoms with E-state index in [0.29, 0.717) is 18.4 Å². The predicted molar refractivity (Wildman–Crippen MR) is 74.1 cm³/mol. The van der Waals surface area contributed by atoms with Gasteiger partial charge < -0.3 is 10.6 Å². The molecular formula is C15H28N2O. The van der Waals surface area contributed by atoms with E-state index in [0.717, 1.165) is 38.6 Å². The molecule has 2 unspecified atom stereocenters. The molecule has 104 valence electrons. The van der Waals surface area contributed by atoms with Crippen LogP contribution in [0.5, 0.6) is 0 Å². The van der Waals surface area contributed by atoms with E-state index >= 15 is 0 Å². The van der Waals surface area contributed by atoms with Crippen molar-refractivity contribution in [2.24, 2.45) is 17.1 Å². The van der Waals surface area contributed by atoms with Gasteiger partial charge in [-0.3, -0.25) is 4.79 Å². The average Bonchev–Trinajstić information content (AvgIpc) is 2.87. The summed E-state index contributed by atoms with van der Waals surface area (Å²) in [7, 11) is 0. The van der Waals surface area contributed by atoms with Crippen LogP contribution in [0.15, 0.2) is 0 Å². The summed E-state index contributed by atoms with van der Waals surface area (Å²) in [6.45, 7) is 5.99. The number of nitrogens with two attached hydrogens (primary N) is 1. The van der Waals surface area contributed by atoms with Gasteiger partial charge in [0.05, 0.1) is 0 Å². The highest BCUT2D eigenvalue weighted by atomic mass is 16.2. The van der Waals surface area contributed by atoms with Crippen LogP contribution in [-0.4, -0.2) is 29.9 Å². The third-order valence-electron chi connectivity index (χ3n) is 5.20. The van der Waals surface area contributed by atoms with Gasteiger partial charge in [-0.15, -0.1) is 0 Å². The summed E-state index contributed by atoms with van der Waals surface area (Å²) in [5.74, 6) is 1.12. The maximum Gasteiger partial charge on any atom is 0.229 e. The first-order valence-corrected chi connectivity index (χ1v) is 7.64. The normalized spacial score (nSPS) is 31.6. The molecule has 1 amide bonds. The standard InChI is InChI=1S/C15H28N2O/c1-3-15(7-4-5-8-15)14(18)17-9-6-12(2)10-13(17)11-16/h12-13H,3-11,16H2,1-2H3. The number of nitrogens with zero attached hydrogens (tertiary/aromatic N) is 1. The molecule has 3 nitrogen and oxygen atoms in total. The van der Waals surface area contributed by atoms with Crippen LogP contribution in [0.4, 0.5) is 0 Å². The Morgan fingerprint density at radius 2 is 2.06 bits per heavy atom. The third-order valence-corrected chi connectivity index (χ3v) is 5.20. The lowest BCUT2D eigenvalue weighted by Gasteiger charge is -2.42. The molecule has 0 spiro atoms. The van der Waals surface area contributed by atoms with E-state index < -0.39 is 0 Å². The minimum Gasteiger partial charge on any atom is -0.338 e. The molecule has 0 bridgehead atoms. The number of rotatable bonds is 3. The average molecular weight is 252 g/mol. The molecule has 0 radical (unpaired) electrons. The second kappa shape index (κ2) is 5.60. The predicted octanol–water partition coefficient (Wildman–Crippen LogP) is 2.54. The van der Waals surface area contributed by atoms with Crippen molar-refractivity contribution in [2.75, 3.05) is 13.1 Å². The quantitative estimate of drug-likeness (QED) is 0.839. The van der Waals surface area contributed by atoms with Gasteiger partial charge in [0.2, 0.25) is 5.91 Å². The van der Waals surface area contributed by atoms with E-state index in [1.165, 1.54) is 12.8 Å². The molecule has 18 heavy (non-hydrogen) atoms. The molecule has 3 heteroatoms. The van der Waals surface area contributed by atoms with Crippen molar-refractivity contribution in [1.29, 1.82) is 0 Å². The van der Waals surface area contributed by atoms with Crippen LogP contribution in [0.25, 0.3) is 0 Å². The van der Waals surface area contributed by atoms with E-state index in [1.54, 1.807) is 0 Å². The summed E-state index contributed by atoms with van der Waals surface area (Å²) >= 11 is 0. The Kier molecular flexibility index (Phi) is 4.31. The maximum atomic E-state index is 12.9. The number of likely N-dealkylation sites (tertiary alicyclic amines) is 1. The molecular weight excluding hydrogens is 224 g/mol. The van der Waals surface area contributed by atoms with Crippen LogP contribution in [0.2, 0.25) is 0 Å². The second-order valence-electron chi connectivity index (χ2n) is 6.36. The molecule has 1 saturated heterocycles. The van der Waals surface area contributed by atoms with E-state index in [9.17, 15) is 4.79 Å². The third kappa shape index (κ3) is 2.42. The smallest absolute Gasteiger partial charge is 0.229 e. The molecule has 1 saturated carbocycles. The fourth-order valence-corrected chi connectivity index (χ4v) is 3.82. The molecule has 2 atom stereocenters. The van der Waals surface area contributed by atoms with Crippen LogP contribution in [-0.2, 0) is 4.79 Å². The Bertz CT molecular complexity index is 297. The van der Waals surface area contributed by atoms with Gasteiger partial charge in [-0.1, -0.05) is 26.7 Å². The van der Waals surface area contributed by atoms with Gasteiger partial charge in [0.15, 0.2) is 0 Å². The number of carbonyl (C=O) groups excluding carboxylic acids is 1. The number of hydrogen-bond donors (Lipinski definition) is 1. The van der Waals surface area contributed by atoms with Gasteiger partial charge in [0.1, 0.15) is 0 Å². The first-order valence-electron chi connectivity index (χ1n) is 7.64. The molecule has 0 aromatic carbocycles. The highest BCUT2D eigenvalue weighted by molar-refractivity contribution is 5.83. The van der Waals surface area contributed by atoms with Crippen molar-refractivity contribution in [1.82, 2.24) is 4.90 Å². The Balaban J connectivity index is 2.11. The van der Waals surface area contributed by atoms with Gasteiger partial charge >= 0.3 is 0 Å². The van der Waals surface area contributed by atoms with E-state index in [4.69, 9.17) is 5.73 Å². The Labute approximate surface area is 111 Å². The summed E-state index contributed by atoms with van der Waals surface area (Å²) < 4.78 is 0. The summed E-state index contributed by atoms with van der Waals surface area (Å²) in [4.78, 5) is 15.0. The summed E-state index contributed by atoms with van der Waals surface area (Å²) in [6.07, 6.45) is 7.84. The Morgan fingerprint density at radius 1 is 1.39 bits per heavy atom. The lowest BCUT2D eigenvalue weighted by Crippen LogP contribution is -2.53. The summed E-state index contributed by atoms with van der Waals surface area (Å²) in [5.41, 5.74) is 5.84. The zero-order valence-corrected chi connectivity index (χ0v) is 12.0. The SMILES string of the molecule is CCC1(C(=O)N2CCC(C)CC2CN)CCCC1. The van der Waals surface area contributed by atoms with Crippen LogP contribution >= 0.6 is 0 Å². The minimum absolute atomic E-state index is 0.0476. The number of piperidine rings is 1. The van der Waals surface area contributed by atoms with Crippen molar-refractivity contribution in [3.8, 4) is 0 Å². The van der Waals surface area contributed by atoms with Crippen molar-refractivity contribution in [3.05, 3.63) is 0 Å². The lowest BCUT2D eigenvalue weighted by molar-refractivity contribution is -0.146. The van der Waals surface area contributed by atoms with E-state index in [2.05, 4.69) is 18.7 Å². The molecule has 1 heterocycles. The van der Waals surface area contributed by atoms with Gasteiger partial charge in [-0.25, -0.2) is 0 Å². The summed E-state index contributed by atoms with van der Waals surface area (Å²) in [5, 5.41) is 0. The molecule has 2 N–H and O–H groups in total. The molecule has 2 aliphatic rings. The van der Waals surface area contributed by atoms with Gasteiger partial charge in [-0.2, -0.15) is 0 Å². The number of amides is 1. The second-order valence-corrected chi connectivity index (χ2v) is 6.36. The molecule has 0 aromatic heterocycles. The highest BCUT2D eigenvalue weighted by Crippen LogP contribution is 2.43. The molecule has 2 rings (SSSR count). The van der Waals surface area contributed by atoms with Crippen molar-refractivity contribution >= 4 is 5.91 Å². The molecule has 1 aliphatic carbocycles. The molecule has 1 aliphatic heterocycles. The summed E-state index contributed by atoms with van der Waals surface area (Å²) in [6, 6.07) is 0.283. The van der Waals surface area contributed by atoms with Gasteiger partial charge in [0, 0.05) is 24.5 Å². The fraction of sp³-hybridized carbons (Fsp3) is 0.933. The number of carbonyl (C=O) groups is 1. The van der Waals surface area contributed by atoms with Gasteiger partial charge in [0.25, 0.3) is 0 Å². The molecule has 2 fully saturated rings.